The van der Waals surface area contributed by atoms with Crippen molar-refractivity contribution in [3.05, 3.63) is 169 Å². The van der Waals surface area contributed by atoms with E-state index in [1.807, 2.05) is 18.2 Å². The minimum atomic E-state index is 0.0275. The van der Waals surface area contributed by atoms with E-state index in [0.29, 0.717) is 17.5 Å². The van der Waals surface area contributed by atoms with Crippen molar-refractivity contribution in [2.75, 3.05) is 0 Å². The molecule has 2 atom stereocenters. The molecule has 0 N–H and O–H groups in total. The SMILES string of the molecule is C1=CC2Oc3cccc(-c4cccc(-c5nc(-c6ccccc6)nc(-c6cccc7c6ccc6ccc8ccccc8c67)n5)c4)c3C2C=C1. The highest BCUT2D eigenvalue weighted by Crippen LogP contribution is 2.46. The summed E-state index contributed by atoms with van der Waals surface area (Å²) in [6.45, 7) is 0. The van der Waals surface area contributed by atoms with E-state index in [0.717, 1.165) is 39.0 Å². The average molecular weight is 628 g/mol. The number of nitrogens with zero attached hydrogens (tertiary/aromatic N) is 3. The number of aromatic nitrogens is 3. The van der Waals surface area contributed by atoms with Gasteiger partial charge in [0.05, 0.1) is 0 Å². The van der Waals surface area contributed by atoms with E-state index in [-0.39, 0.29) is 12.0 Å². The summed E-state index contributed by atoms with van der Waals surface area (Å²) in [5.41, 5.74) is 6.35. The topological polar surface area (TPSA) is 47.9 Å². The maximum atomic E-state index is 6.33. The number of ether oxygens (including phenoxy) is 1. The zero-order valence-corrected chi connectivity index (χ0v) is 26.5. The van der Waals surface area contributed by atoms with E-state index < -0.39 is 0 Å². The summed E-state index contributed by atoms with van der Waals surface area (Å²) in [6, 6.07) is 48.9. The predicted molar refractivity (Wildman–Crippen MR) is 200 cm³/mol. The zero-order valence-electron chi connectivity index (χ0n) is 26.5. The highest BCUT2D eigenvalue weighted by molar-refractivity contribution is 6.22. The van der Waals surface area contributed by atoms with Crippen molar-refractivity contribution < 1.29 is 4.74 Å². The minimum absolute atomic E-state index is 0.0275. The number of hydrogen-bond donors (Lipinski definition) is 0. The molecular weight excluding hydrogens is 599 g/mol. The molecule has 10 rings (SSSR count). The van der Waals surface area contributed by atoms with E-state index in [2.05, 4.69) is 146 Å². The molecule has 0 amide bonds. The number of rotatable bonds is 4. The summed E-state index contributed by atoms with van der Waals surface area (Å²) in [6.07, 6.45) is 8.59. The minimum Gasteiger partial charge on any atom is -0.485 e. The monoisotopic (exact) mass is 627 g/mol. The van der Waals surface area contributed by atoms with Gasteiger partial charge in [0.25, 0.3) is 0 Å². The molecule has 2 unspecified atom stereocenters. The Bertz CT molecular complexity index is 2660. The number of hydrogen-bond acceptors (Lipinski definition) is 4. The first-order valence-electron chi connectivity index (χ1n) is 16.7. The largest absolute Gasteiger partial charge is 0.485 e. The Balaban J connectivity index is 1.16. The van der Waals surface area contributed by atoms with Gasteiger partial charge in [-0.1, -0.05) is 146 Å². The number of fused-ring (bicyclic) bond motifs is 8. The van der Waals surface area contributed by atoms with Crippen LogP contribution in [-0.4, -0.2) is 21.1 Å². The Hall–Kier alpha value is -6.39. The van der Waals surface area contributed by atoms with Crippen LogP contribution in [0.4, 0.5) is 0 Å². The Labute approximate surface area is 283 Å². The molecule has 8 aromatic rings. The smallest absolute Gasteiger partial charge is 0.164 e. The maximum absolute atomic E-state index is 6.33. The van der Waals surface area contributed by atoms with E-state index in [1.54, 1.807) is 0 Å². The van der Waals surface area contributed by atoms with Gasteiger partial charge in [-0.2, -0.15) is 0 Å². The lowest BCUT2D eigenvalue weighted by Crippen LogP contribution is -2.15. The van der Waals surface area contributed by atoms with E-state index in [4.69, 9.17) is 19.7 Å². The lowest BCUT2D eigenvalue weighted by molar-refractivity contribution is 0.269. The van der Waals surface area contributed by atoms with Gasteiger partial charge in [-0.25, -0.2) is 15.0 Å². The van der Waals surface area contributed by atoms with Gasteiger partial charge in [-0.05, 0) is 61.7 Å². The summed E-state index contributed by atoms with van der Waals surface area (Å²) in [5.74, 6) is 3.06. The molecule has 0 bridgehead atoms. The molecule has 1 aliphatic heterocycles. The first-order chi connectivity index (χ1) is 24.3. The molecular formula is C45H29N3O. The van der Waals surface area contributed by atoms with Gasteiger partial charge < -0.3 is 4.74 Å². The molecule has 4 nitrogen and oxygen atoms in total. The Morgan fingerprint density at radius 3 is 2.06 bits per heavy atom. The Morgan fingerprint density at radius 1 is 0.449 bits per heavy atom. The van der Waals surface area contributed by atoms with Crippen molar-refractivity contribution in [1.29, 1.82) is 0 Å². The number of benzene rings is 7. The van der Waals surface area contributed by atoms with Crippen molar-refractivity contribution in [1.82, 2.24) is 15.0 Å². The number of allylic oxidation sites excluding steroid dienone is 2. The zero-order chi connectivity index (χ0) is 32.3. The van der Waals surface area contributed by atoms with Gasteiger partial charge in [0, 0.05) is 28.2 Å². The normalized spacial score (nSPS) is 16.2. The van der Waals surface area contributed by atoms with Crippen molar-refractivity contribution in [3.8, 4) is 51.0 Å². The van der Waals surface area contributed by atoms with Crippen molar-refractivity contribution in [3.63, 3.8) is 0 Å². The first-order valence-corrected chi connectivity index (χ1v) is 16.7. The lowest BCUT2D eigenvalue weighted by atomic mass is 9.86. The van der Waals surface area contributed by atoms with Crippen LogP contribution in [0.1, 0.15) is 11.5 Å². The molecule has 7 aromatic carbocycles. The van der Waals surface area contributed by atoms with Gasteiger partial charge in [-0.15, -0.1) is 0 Å². The lowest BCUT2D eigenvalue weighted by Gasteiger charge is -2.16. The molecule has 0 saturated carbocycles. The molecule has 0 fully saturated rings. The molecule has 1 aromatic heterocycles. The van der Waals surface area contributed by atoms with Crippen LogP contribution in [0.2, 0.25) is 0 Å². The standard InChI is InChI=1S/C45H29N3O/c1-2-12-30(13-3-1)43-46-44(32-15-8-14-31(27-32)34-18-10-22-40-42(34)38-17-6-7-21-39(38)49-40)48-45(47-43)37-20-9-19-36-35(37)26-25-29-24-23-28-11-4-5-16-33(28)41(29)36/h1-27,38-39H. The van der Waals surface area contributed by atoms with E-state index in [9.17, 15) is 0 Å². The van der Waals surface area contributed by atoms with Crippen LogP contribution < -0.4 is 4.74 Å². The highest BCUT2D eigenvalue weighted by Gasteiger charge is 2.34. The second kappa shape index (κ2) is 11.1. The van der Waals surface area contributed by atoms with Crippen LogP contribution in [0.25, 0.3) is 77.6 Å². The van der Waals surface area contributed by atoms with Crippen LogP contribution in [0.5, 0.6) is 5.75 Å². The third-order valence-corrected chi connectivity index (χ3v) is 9.85. The molecule has 0 radical (unpaired) electrons. The van der Waals surface area contributed by atoms with Crippen molar-refractivity contribution in [2.45, 2.75) is 12.0 Å². The van der Waals surface area contributed by atoms with Gasteiger partial charge in [-0.3, -0.25) is 0 Å². The fourth-order valence-electron chi connectivity index (χ4n) is 7.58. The summed E-state index contributed by atoms with van der Waals surface area (Å²) in [4.78, 5) is 15.4. The summed E-state index contributed by atoms with van der Waals surface area (Å²) in [5, 5.41) is 7.22. The van der Waals surface area contributed by atoms with Crippen molar-refractivity contribution in [2.24, 2.45) is 0 Å². The fraction of sp³-hybridized carbons (Fsp3) is 0.0444. The molecule has 2 aliphatic rings. The van der Waals surface area contributed by atoms with Crippen molar-refractivity contribution >= 4 is 32.3 Å². The van der Waals surface area contributed by atoms with Crippen LogP contribution in [0, 0.1) is 0 Å². The van der Waals surface area contributed by atoms with Gasteiger partial charge in [0.2, 0.25) is 0 Å². The summed E-state index contributed by atoms with van der Waals surface area (Å²) < 4.78 is 6.33. The average Bonchev–Trinajstić information content (AvgIpc) is 3.56. The van der Waals surface area contributed by atoms with E-state index in [1.165, 1.54) is 32.5 Å². The van der Waals surface area contributed by atoms with Gasteiger partial charge in [0.1, 0.15) is 11.9 Å². The quantitative estimate of drug-likeness (QED) is 0.182. The predicted octanol–water partition coefficient (Wildman–Crippen LogP) is 11.0. The molecule has 0 saturated heterocycles. The maximum Gasteiger partial charge on any atom is 0.164 e. The molecule has 230 valence electrons. The first kappa shape index (κ1) is 27.7. The third kappa shape index (κ3) is 4.56. The summed E-state index contributed by atoms with van der Waals surface area (Å²) in [7, 11) is 0. The van der Waals surface area contributed by atoms with E-state index >= 15 is 0 Å². The third-order valence-electron chi connectivity index (χ3n) is 9.85. The van der Waals surface area contributed by atoms with Gasteiger partial charge >= 0.3 is 0 Å². The molecule has 49 heavy (non-hydrogen) atoms. The molecule has 0 spiro atoms. The van der Waals surface area contributed by atoms with Crippen LogP contribution in [-0.2, 0) is 0 Å². The van der Waals surface area contributed by atoms with Crippen LogP contribution in [0.3, 0.4) is 0 Å². The summed E-state index contributed by atoms with van der Waals surface area (Å²) >= 11 is 0. The van der Waals surface area contributed by atoms with Crippen LogP contribution >= 0.6 is 0 Å². The Morgan fingerprint density at radius 2 is 1.12 bits per heavy atom. The molecule has 2 heterocycles. The highest BCUT2D eigenvalue weighted by atomic mass is 16.5. The molecule has 1 aliphatic carbocycles. The fourth-order valence-corrected chi connectivity index (χ4v) is 7.58. The Kier molecular flexibility index (Phi) is 6.28. The van der Waals surface area contributed by atoms with Gasteiger partial charge in [0.15, 0.2) is 17.5 Å². The second-order valence-corrected chi connectivity index (χ2v) is 12.7. The molecule has 4 heteroatoms. The van der Waals surface area contributed by atoms with Crippen LogP contribution in [0.15, 0.2) is 164 Å². The second-order valence-electron chi connectivity index (χ2n) is 12.7.